The van der Waals surface area contributed by atoms with Crippen LogP contribution in [0.3, 0.4) is 0 Å². The predicted octanol–water partition coefficient (Wildman–Crippen LogP) is 2.23. The van der Waals surface area contributed by atoms with Gasteiger partial charge in [-0.3, -0.25) is 0 Å². The number of ether oxygens (including phenoxy) is 1. The number of piperazine rings is 1. The zero-order valence-corrected chi connectivity index (χ0v) is 18.5. The summed E-state index contributed by atoms with van der Waals surface area (Å²) in [5, 5.41) is 0. The van der Waals surface area contributed by atoms with E-state index < -0.39 is 0 Å². The van der Waals surface area contributed by atoms with E-state index in [0.29, 0.717) is 12.2 Å². The maximum Gasteiger partial charge on any atom is 0.0603 e. The molecule has 4 aliphatic rings. The number of likely N-dealkylation sites (tertiary alicyclic amines) is 2. The first-order chi connectivity index (χ1) is 13.6. The number of piperidine rings is 1. The standard InChI is InChI=1S/C23H44N4O/c1-24-11-8-23(9-12-24)28-22-5-3-20(4-6-22)18-26-13-15-27(16-14-26)19-21-7-10-25(2)17-21/h20-23H,3-19H2,1-2H3. The maximum absolute atomic E-state index is 6.45. The van der Waals surface area contributed by atoms with Gasteiger partial charge < -0.3 is 24.3 Å². The van der Waals surface area contributed by atoms with Gasteiger partial charge in [-0.1, -0.05) is 0 Å². The molecular weight excluding hydrogens is 348 g/mol. The minimum absolute atomic E-state index is 0.533. The zero-order valence-electron chi connectivity index (χ0n) is 18.5. The van der Waals surface area contributed by atoms with Crippen molar-refractivity contribution in [2.24, 2.45) is 11.8 Å². The van der Waals surface area contributed by atoms with Crippen LogP contribution in [0.15, 0.2) is 0 Å². The largest absolute Gasteiger partial charge is 0.375 e. The Kier molecular flexibility index (Phi) is 7.67. The van der Waals surface area contributed by atoms with E-state index in [2.05, 4.69) is 33.7 Å². The van der Waals surface area contributed by atoms with Crippen LogP contribution in [0.4, 0.5) is 0 Å². The van der Waals surface area contributed by atoms with Crippen LogP contribution in [-0.2, 0) is 4.74 Å². The molecular formula is C23H44N4O. The Bertz CT molecular complexity index is 452. The van der Waals surface area contributed by atoms with Crippen LogP contribution in [-0.4, -0.2) is 111 Å². The van der Waals surface area contributed by atoms with Gasteiger partial charge in [-0.2, -0.15) is 0 Å². The van der Waals surface area contributed by atoms with Crippen molar-refractivity contribution in [1.29, 1.82) is 0 Å². The maximum atomic E-state index is 6.45. The summed E-state index contributed by atoms with van der Waals surface area (Å²) < 4.78 is 6.45. The summed E-state index contributed by atoms with van der Waals surface area (Å²) in [6, 6.07) is 0. The molecule has 0 N–H and O–H groups in total. The molecule has 4 rings (SSSR count). The number of hydrogen-bond acceptors (Lipinski definition) is 5. The van der Waals surface area contributed by atoms with Crippen molar-refractivity contribution in [2.75, 3.05) is 79.5 Å². The van der Waals surface area contributed by atoms with Crippen molar-refractivity contribution in [3.05, 3.63) is 0 Å². The molecule has 0 amide bonds. The molecule has 3 heterocycles. The van der Waals surface area contributed by atoms with E-state index in [9.17, 15) is 0 Å². The molecule has 0 radical (unpaired) electrons. The summed E-state index contributed by atoms with van der Waals surface area (Å²) in [6.07, 6.45) is 10.3. The third-order valence-corrected chi connectivity index (χ3v) is 7.83. The van der Waals surface area contributed by atoms with Gasteiger partial charge in [-0.15, -0.1) is 0 Å². The van der Waals surface area contributed by atoms with Gasteiger partial charge in [0.25, 0.3) is 0 Å². The van der Waals surface area contributed by atoms with Crippen LogP contribution < -0.4 is 0 Å². The number of nitrogens with zero attached hydrogens (tertiary/aromatic N) is 4. The highest BCUT2D eigenvalue weighted by atomic mass is 16.5. The second-order valence-corrected chi connectivity index (χ2v) is 10.3. The Morgan fingerprint density at radius 1 is 0.571 bits per heavy atom. The second-order valence-electron chi connectivity index (χ2n) is 10.3. The second kappa shape index (κ2) is 10.2. The van der Waals surface area contributed by atoms with E-state index in [1.807, 2.05) is 0 Å². The van der Waals surface area contributed by atoms with Crippen molar-refractivity contribution in [1.82, 2.24) is 19.6 Å². The van der Waals surface area contributed by atoms with Gasteiger partial charge >= 0.3 is 0 Å². The summed E-state index contributed by atoms with van der Waals surface area (Å²) in [5.41, 5.74) is 0. The lowest BCUT2D eigenvalue weighted by Gasteiger charge is -2.39. The highest BCUT2D eigenvalue weighted by Gasteiger charge is 2.29. The lowest BCUT2D eigenvalue weighted by molar-refractivity contribution is -0.0604. The van der Waals surface area contributed by atoms with E-state index in [-0.39, 0.29) is 0 Å². The first kappa shape index (κ1) is 21.0. The quantitative estimate of drug-likeness (QED) is 0.689. The fraction of sp³-hybridized carbons (Fsp3) is 1.00. The average molecular weight is 393 g/mol. The molecule has 162 valence electrons. The summed E-state index contributed by atoms with van der Waals surface area (Å²) >= 11 is 0. The van der Waals surface area contributed by atoms with E-state index >= 15 is 0 Å². The molecule has 1 atom stereocenters. The SMILES string of the molecule is CN1CCC(OC2CCC(CN3CCN(CC4CCN(C)C4)CC3)CC2)CC1. The molecule has 1 saturated carbocycles. The first-order valence-electron chi connectivity index (χ1n) is 12.1. The van der Waals surface area contributed by atoms with Crippen LogP contribution in [0.5, 0.6) is 0 Å². The molecule has 4 fully saturated rings. The van der Waals surface area contributed by atoms with Gasteiger partial charge in [0, 0.05) is 58.9 Å². The lowest BCUT2D eigenvalue weighted by Crippen LogP contribution is -2.49. The Morgan fingerprint density at radius 2 is 1.11 bits per heavy atom. The Labute approximate surface area is 173 Å². The lowest BCUT2D eigenvalue weighted by atomic mass is 9.86. The minimum atomic E-state index is 0.533. The fourth-order valence-corrected chi connectivity index (χ4v) is 5.90. The molecule has 28 heavy (non-hydrogen) atoms. The molecule has 0 aromatic rings. The van der Waals surface area contributed by atoms with Gasteiger partial charge in [0.05, 0.1) is 12.2 Å². The van der Waals surface area contributed by atoms with Crippen molar-refractivity contribution in [2.45, 2.75) is 57.2 Å². The monoisotopic (exact) mass is 392 g/mol. The Balaban J connectivity index is 1.09. The predicted molar refractivity (Wildman–Crippen MR) is 116 cm³/mol. The topological polar surface area (TPSA) is 22.2 Å². The Morgan fingerprint density at radius 3 is 1.68 bits per heavy atom. The van der Waals surface area contributed by atoms with Crippen LogP contribution in [0.2, 0.25) is 0 Å². The fourth-order valence-electron chi connectivity index (χ4n) is 5.90. The molecule has 0 spiro atoms. The summed E-state index contributed by atoms with van der Waals surface area (Å²) in [6.45, 7) is 12.8. The molecule has 3 aliphatic heterocycles. The van der Waals surface area contributed by atoms with Crippen LogP contribution >= 0.6 is 0 Å². The molecule has 0 aromatic carbocycles. The third kappa shape index (κ3) is 6.15. The van der Waals surface area contributed by atoms with E-state index in [4.69, 9.17) is 4.74 Å². The zero-order chi connectivity index (χ0) is 19.3. The number of hydrogen-bond donors (Lipinski definition) is 0. The smallest absolute Gasteiger partial charge is 0.0603 e. The van der Waals surface area contributed by atoms with E-state index in [0.717, 1.165) is 11.8 Å². The van der Waals surface area contributed by atoms with Crippen molar-refractivity contribution < 1.29 is 4.74 Å². The molecule has 0 aromatic heterocycles. The van der Waals surface area contributed by atoms with Crippen LogP contribution in [0.1, 0.15) is 44.9 Å². The van der Waals surface area contributed by atoms with Gasteiger partial charge in [0.2, 0.25) is 0 Å². The third-order valence-electron chi connectivity index (χ3n) is 7.83. The summed E-state index contributed by atoms with van der Waals surface area (Å²) in [4.78, 5) is 10.4. The average Bonchev–Trinajstić information content (AvgIpc) is 3.11. The summed E-state index contributed by atoms with van der Waals surface area (Å²) in [7, 11) is 4.50. The molecule has 1 aliphatic carbocycles. The number of rotatable bonds is 6. The molecule has 3 saturated heterocycles. The van der Waals surface area contributed by atoms with Gasteiger partial charge in [0.15, 0.2) is 0 Å². The van der Waals surface area contributed by atoms with Crippen molar-refractivity contribution >= 4 is 0 Å². The molecule has 5 nitrogen and oxygen atoms in total. The van der Waals surface area contributed by atoms with Crippen molar-refractivity contribution in [3.63, 3.8) is 0 Å². The van der Waals surface area contributed by atoms with E-state index in [1.165, 1.54) is 110 Å². The Hall–Kier alpha value is -0.200. The molecule has 0 bridgehead atoms. The van der Waals surface area contributed by atoms with Crippen molar-refractivity contribution in [3.8, 4) is 0 Å². The first-order valence-corrected chi connectivity index (χ1v) is 12.1. The van der Waals surface area contributed by atoms with Gasteiger partial charge in [-0.05, 0) is 77.4 Å². The summed E-state index contributed by atoms with van der Waals surface area (Å²) in [5.74, 6) is 1.82. The van der Waals surface area contributed by atoms with Crippen LogP contribution in [0.25, 0.3) is 0 Å². The van der Waals surface area contributed by atoms with Gasteiger partial charge in [-0.25, -0.2) is 0 Å². The highest BCUT2D eigenvalue weighted by molar-refractivity contribution is 4.82. The van der Waals surface area contributed by atoms with E-state index in [1.54, 1.807) is 0 Å². The normalized spacial score (nSPS) is 35.6. The van der Waals surface area contributed by atoms with Gasteiger partial charge in [0.1, 0.15) is 0 Å². The molecule has 5 heteroatoms. The minimum Gasteiger partial charge on any atom is -0.375 e. The van der Waals surface area contributed by atoms with Crippen LogP contribution in [0, 0.1) is 11.8 Å². The molecule has 1 unspecified atom stereocenters. The highest BCUT2D eigenvalue weighted by Crippen LogP contribution is 2.29.